The Morgan fingerprint density at radius 1 is 1.21 bits per heavy atom. The fourth-order valence-corrected chi connectivity index (χ4v) is 1.87. The first kappa shape index (κ1) is 17.8. The van der Waals surface area contributed by atoms with Crippen LogP contribution in [0.1, 0.15) is 5.56 Å². The van der Waals surface area contributed by atoms with Crippen LogP contribution in [0.3, 0.4) is 0 Å². The molecule has 0 aliphatic carbocycles. The minimum Gasteiger partial charge on any atom is -0.370 e. The average molecular weight is 342 g/mol. The van der Waals surface area contributed by atoms with Crippen molar-refractivity contribution in [3.05, 3.63) is 48.5 Å². The van der Waals surface area contributed by atoms with Gasteiger partial charge in [-0.05, 0) is 17.7 Å². The molecule has 0 fully saturated rings. The third-order valence-corrected chi connectivity index (χ3v) is 2.99. The molecule has 2 amide bonds. The fraction of sp³-hybridized carbons (Fsp3) is 0.333. The molecule has 130 valence electrons. The molecule has 9 heteroatoms. The van der Waals surface area contributed by atoms with Gasteiger partial charge in [0.15, 0.2) is 0 Å². The number of carbonyl (C=O) groups excluding carboxylic acids is 1. The second-order valence-corrected chi connectivity index (χ2v) is 4.91. The van der Waals surface area contributed by atoms with Gasteiger partial charge in [-0.1, -0.05) is 12.1 Å². The van der Waals surface area contributed by atoms with Crippen molar-refractivity contribution < 1.29 is 22.7 Å². The first-order chi connectivity index (χ1) is 11.4. The van der Waals surface area contributed by atoms with Crippen LogP contribution in [0.25, 0.3) is 5.69 Å². The number of halogens is 3. The molecule has 6 nitrogen and oxygen atoms in total. The summed E-state index contributed by atoms with van der Waals surface area (Å²) in [7, 11) is 0. The van der Waals surface area contributed by atoms with Crippen molar-refractivity contribution in [2.24, 2.45) is 0 Å². The molecule has 0 radical (unpaired) electrons. The molecule has 2 N–H and O–H groups in total. The molecule has 0 saturated heterocycles. The number of carbonyl (C=O) groups is 1. The van der Waals surface area contributed by atoms with E-state index in [0.29, 0.717) is 6.54 Å². The minimum atomic E-state index is -4.36. The molecule has 2 aromatic rings. The highest BCUT2D eigenvalue weighted by molar-refractivity contribution is 5.73. The Bertz CT molecular complexity index is 627. The van der Waals surface area contributed by atoms with E-state index >= 15 is 0 Å². The van der Waals surface area contributed by atoms with Crippen molar-refractivity contribution in [3.8, 4) is 5.69 Å². The standard InChI is InChI=1S/C15H17F3N4O2/c16-15(17,18)10-24-8-6-20-14(23)21-9-12-1-3-13(4-2-12)22-7-5-19-11-22/h1-5,7,11H,6,8-10H2,(H2,20,21,23). The normalized spacial score (nSPS) is 11.3. The van der Waals surface area contributed by atoms with Gasteiger partial charge in [-0.3, -0.25) is 0 Å². The van der Waals surface area contributed by atoms with Crippen molar-refractivity contribution in [2.75, 3.05) is 19.8 Å². The van der Waals surface area contributed by atoms with Crippen LogP contribution in [0, 0.1) is 0 Å². The largest absolute Gasteiger partial charge is 0.411 e. The quantitative estimate of drug-likeness (QED) is 0.759. The summed E-state index contributed by atoms with van der Waals surface area (Å²) in [6.07, 6.45) is 0.826. The molecule has 1 heterocycles. The van der Waals surface area contributed by atoms with E-state index in [0.717, 1.165) is 11.3 Å². The molecule has 1 aromatic carbocycles. The molecule has 0 aliphatic heterocycles. The third-order valence-electron chi connectivity index (χ3n) is 2.99. The number of rotatable bonds is 7. The Hall–Kier alpha value is -2.55. The molecule has 2 rings (SSSR count). The monoisotopic (exact) mass is 342 g/mol. The van der Waals surface area contributed by atoms with Crippen LogP contribution < -0.4 is 10.6 Å². The average Bonchev–Trinajstić information content (AvgIpc) is 3.06. The second kappa shape index (κ2) is 8.34. The maximum absolute atomic E-state index is 11.8. The first-order valence-corrected chi connectivity index (χ1v) is 7.17. The highest BCUT2D eigenvalue weighted by atomic mass is 19.4. The SMILES string of the molecule is O=C(NCCOCC(F)(F)F)NCc1ccc(-n2ccnc2)cc1. The van der Waals surface area contributed by atoms with Gasteiger partial charge in [0.25, 0.3) is 0 Å². The zero-order valence-electron chi connectivity index (χ0n) is 12.7. The lowest BCUT2D eigenvalue weighted by Gasteiger charge is -2.10. The van der Waals surface area contributed by atoms with Gasteiger partial charge >= 0.3 is 12.2 Å². The van der Waals surface area contributed by atoms with Gasteiger partial charge in [0, 0.05) is 31.2 Å². The highest BCUT2D eigenvalue weighted by Crippen LogP contribution is 2.14. The number of alkyl halides is 3. The van der Waals surface area contributed by atoms with Gasteiger partial charge in [-0.2, -0.15) is 13.2 Å². The summed E-state index contributed by atoms with van der Waals surface area (Å²) in [5, 5.41) is 5.03. The number of nitrogens with zero attached hydrogens (tertiary/aromatic N) is 2. The predicted molar refractivity (Wildman–Crippen MR) is 80.7 cm³/mol. The lowest BCUT2D eigenvalue weighted by molar-refractivity contribution is -0.173. The number of ether oxygens (including phenoxy) is 1. The molecule has 0 aliphatic rings. The summed E-state index contributed by atoms with van der Waals surface area (Å²) in [6, 6.07) is 7.04. The second-order valence-electron chi connectivity index (χ2n) is 4.91. The molecule has 0 atom stereocenters. The Labute approximate surface area is 136 Å². The van der Waals surface area contributed by atoms with Gasteiger partial charge in [-0.25, -0.2) is 9.78 Å². The summed E-state index contributed by atoms with van der Waals surface area (Å²) < 4.78 is 41.8. The number of benzene rings is 1. The summed E-state index contributed by atoms with van der Waals surface area (Å²) in [4.78, 5) is 15.5. The van der Waals surface area contributed by atoms with E-state index in [1.165, 1.54) is 0 Å². The Balaban J connectivity index is 1.65. The van der Waals surface area contributed by atoms with Crippen LogP contribution in [0.2, 0.25) is 0 Å². The molecule has 1 aromatic heterocycles. The van der Waals surface area contributed by atoms with E-state index in [4.69, 9.17) is 0 Å². The van der Waals surface area contributed by atoms with E-state index in [9.17, 15) is 18.0 Å². The smallest absolute Gasteiger partial charge is 0.370 e. The van der Waals surface area contributed by atoms with Gasteiger partial charge < -0.3 is 19.9 Å². The Kier molecular flexibility index (Phi) is 6.19. The van der Waals surface area contributed by atoms with Crippen molar-refractivity contribution in [2.45, 2.75) is 12.7 Å². The van der Waals surface area contributed by atoms with Crippen molar-refractivity contribution in [3.63, 3.8) is 0 Å². The van der Waals surface area contributed by atoms with Gasteiger partial charge in [0.2, 0.25) is 0 Å². The van der Waals surface area contributed by atoms with Crippen LogP contribution in [0.5, 0.6) is 0 Å². The van der Waals surface area contributed by atoms with Crippen molar-refractivity contribution >= 4 is 6.03 Å². The van der Waals surface area contributed by atoms with Crippen LogP contribution in [-0.2, 0) is 11.3 Å². The van der Waals surface area contributed by atoms with E-state index in [1.807, 2.05) is 35.0 Å². The zero-order chi connectivity index (χ0) is 17.4. The number of urea groups is 1. The van der Waals surface area contributed by atoms with Crippen molar-refractivity contribution in [1.29, 1.82) is 0 Å². The molecule has 0 bridgehead atoms. The topological polar surface area (TPSA) is 68.2 Å². The highest BCUT2D eigenvalue weighted by Gasteiger charge is 2.27. The molecule has 0 spiro atoms. The summed E-state index contributed by atoms with van der Waals surface area (Å²) in [5.74, 6) is 0. The van der Waals surface area contributed by atoms with Crippen LogP contribution in [-0.4, -0.2) is 41.5 Å². The van der Waals surface area contributed by atoms with Gasteiger partial charge in [-0.15, -0.1) is 0 Å². The maximum Gasteiger partial charge on any atom is 0.411 e. The number of nitrogens with one attached hydrogen (secondary N) is 2. The van der Waals surface area contributed by atoms with E-state index in [2.05, 4.69) is 20.4 Å². The minimum absolute atomic E-state index is 0.00147. The molecule has 0 unspecified atom stereocenters. The van der Waals surface area contributed by atoms with Gasteiger partial charge in [0.1, 0.15) is 6.61 Å². The van der Waals surface area contributed by atoms with Crippen LogP contribution >= 0.6 is 0 Å². The molecular formula is C15H17F3N4O2. The molecule has 0 saturated carbocycles. The van der Waals surface area contributed by atoms with Crippen LogP contribution in [0.15, 0.2) is 43.0 Å². The number of amides is 2. The first-order valence-electron chi connectivity index (χ1n) is 7.17. The van der Waals surface area contributed by atoms with E-state index < -0.39 is 18.8 Å². The molecular weight excluding hydrogens is 325 g/mol. The number of hydrogen-bond acceptors (Lipinski definition) is 3. The van der Waals surface area contributed by atoms with Crippen molar-refractivity contribution in [1.82, 2.24) is 20.2 Å². The maximum atomic E-state index is 11.8. The lowest BCUT2D eigenvalue weighted by Crippen LogP contribution is -2.37. The Morgan fingerprint density at radius 2 is 1.96 bits per heavy atom. The zero-order valence-corrected chi connectivity index (χ0v) is 12.7. The summed E-state index contributed by atoms with van der Waals surface area (Å²) in [6.45, 7) is -1.22. The summed E-state index contributed by atoms with van der Waals surface area (Å²) in [5.41, 5.74) is 1.84. The number of hydrogen-bond donors (Lipinski definition) is 2. The number of imidazole rings is 1. The Morgan fingerprint density at radius 3 is 2.58 bits per heavy atom. The predicted octanol–water partition coefficient (Wildman–Crippen LogP) is 2.25. The van der Waals surface area contributed by atoms with E-state index in [1.54, 1.807) is 12.5 Å². The summed E-state index contributed by atoms with van der Waals surface area (Å²) >= 11 is 0. The van der Waals surface area contributed by atoms with E-state index in [-0.39, 0.29) is 13.2 Å². The lowest BCUT2D eigenvalue weighted by atomic mass is 10.2. The number of aromatic nitrogens is 2. The molecule has 24 heavy (non-hydrogen) atoms. The van der Waals surface area contributed by atoms with Gasteiger partial charge in [0.05, 0.1) is 12.9 Å². The third kappa shape index (κ3) is 6.29. The fourth-order valence-electron chi connectivity index (χ4n) is 1.87. The van der Waals surface area contributed by atoms with Crippen LogP contribution in [0.4, 0.5) is 18.0 Å².